The number of nitrogens with zero attached hydrogens (tertiary/aromatic N) is 1. The van der Waals surface area contributed by atoms with Gasteiger partial charge >= 0.3 is 0 Å². The summed E-state index contributed by atoms with van der Waals surface area (Å²) in [4.78, 5) is 27.0. The van der Waals surface area contributed by atoms with Crippen molar-refractivity contribution in [3.8, 4) is 11.5 Å². The van der Waals surface area contributed by atoms with E-state index in [4.69, 9.17) is 9.47 Å². The van der Waals surface area contributed by atoms with Crippen LogP contribution in [-0.2, 0) is 17.8 Å². The zero-order valence-electron chi connectivity index (χ0n) is 19.0. The molecule has 8 heteroatoms. The van der Waals surface area contributed by atoms with Crippen molar-refractivity contribution in [2.45, 2.75) is 20.0 Å². The molecule has 0 unspecified atom stereocenters. The molecule has 0 spiro atoms. The van der Waals surface area contributed by atoms with Crippen LogP contribution in [0.15, 0.2) is 76.1 Å². The zero-order chi connectivity index (χ0) is 24.8. The highest BCUT2D eigenvalue weighted by Gasteiger charge is 2.34. The van der Waals surface area contributed by atoms with E-state index < -0.39 is 0 Å². The Morgan fingerprint density at radius 1 is 1.03 bits per heavy atom. The van der Waals surface area contributed by atoms with Gasteiger partial charge in [-0.1, -0.05) is 48.5 Å². The molecule has 0 saturated carbocycles. The molecular formula is C27H23BrFNO4S. The van der Waals surface area contributed by atoms with Crippen molar-refractivity contribution in [3.63, 3.8) is 0 Å². The van der Waals surface area contributed by atoms with Crippen LogP contribution in [0.3, 0.4) is 0 Å². The Balaban J connectivity index is 1.52. The largest absolute Gasteiger partial charge is 0.490 e. The summed E-state index contributed by atoms with van der Waals surface area (Å²) in [6, 6.07) is 19.7. The van der Waals surface area contributed by atoms with Crippen LogP contribution in [0, 0.1) is 5.82 Å². The Kier molecular flexibility index (Phi) is 8.25. The van der Waals surface area contributed by atoms with Gasteiger partial charge < -0.3 is 9.47 Å². The fraction of sp³-hybridized carbons (Fsp3) is 0.185. The molecule has 1 fully saturated rings. The molecule has 0 aromatic heterocycles. The first-order chi connectivity index (χ1) is 17.0. The summed E-state index contributed by atoms with van der Waals surface area (Å²) in [5.74, 6) is 0.224. The fourth-order valence-electron chi connectivity index (χ4n) is 3.57. The van der Waals surface area contributed by atoms with Crippen LogP contribution >= 0.6 is 27.7 Å². The highest BCUT2D eigenvalue weighted by molar-refractivity contribution is 9.10. The van der Waals surface area contributed by atoms with Gasteiger partial charge in [-0.05, 0) is 76.4 Å². The summed E-state index contributed by atoms with van der Waals surface area (Å²) in [5, 5.41) is -0.286. The Bertz CT molecular complexity index is 1270. The van der Waals surface area contributed by atoms with Crippen LogP contribution in [0.1, 0.15) is 23.6 Å². The topological polar surface area (TPSA) is 55.8 Å². The first kappa shape index (κ1) is 25.0. The van der Waals surface area contributed by atoms with Gasteiger partial charge in [-0.25, -0.2) is 4.39 Å². The summed E-state index contributed by atoms with van der Waals surface area (Å²) in [6.45, 7) is 2.59. The predicted octanol–water partition coefficient (Wildman–Crippen LogP) is 6.84. The van der Waals surface area contributed by atoms with E-state index in [-0.39, 0.29) is 23.6 Å². The maximum Gasteiger partial charge on any atom is 0.293 e. The van der Waals surface area contributed by atoms with Crippen LogP contribution in [0.4, 0.5) is 9.18 Å². The first-order valence-corrected chi connectivity index (χ1v) is 12.7. The van der Waals surface area contributed by atoms with Crippen molar-refractivity contribution in [1.82, 2.24) is 4.90 Å². The number of thioether (sulfide) groups is 1. The van der Waals surface area contributed by atoms with E-state index in [1.807, 2.05) is 37.3 Å². The summed E-state index contributed by atoms with van der Waals surface area (Å²) >= 11 is 4.42. The van der Waals surface area contributed by atoms with Crippen molar-refractivity contribution in [2.75, 3.05) is 13.2 Å². The lowest BCUT2D eigenvalue weighted by atomic mass is 10.1. The lowest BCUT2D eigenvalue weighted by Crippen LogP contribution is -2.30. The van der Waals surface area contributed by atoms with Crippen molar-refractivity contribution in [3.05, 3.63) is 98.6 Å². The van der Waals surface area contributed by atoms with E-state index >= 15 is 0 Å². The number of benzene rings is 3. The molecule has 0 bridgehead atoms. The SMILES string of the molecule is CCOc1cc(/C=C2\SC(=O)N(CCc3ccccc3)C2=O)cc(Br)c1OCc1ccccc1F. The van der Waals surface area contributed by atoms with Gasteiger partial charge in [0.25, 0.3) is 11.1 Å². The molecule has 2 amide bonds. The minimum atomic E-state index is -0.346. The molecule has 5 nitrogen and oxygen atoms in total. The highest BCUT2D eigenvalue weighted by Crippen LogP contribution is 2.40. The van der Waals surface area contributed by atoms with Crippen LogP contribution < -0.4 is 9.47 Å². The predicted molar refractivity (Wildman–Crippen MR) is 139 cm³/mol. The van der Waals surface area contributed by atoms with Crippen LogP contribution in [-0.4, -0.2) is 29.2 Å². The maximum absolute atomic E-state index is 14.0. The normalized spacial score (nSPS) is 14.6. The summed E-state index contributed by atoms with van der Waals surface area (Å²) in [6.07, 6.45) is 2.27. The molecule has 3 aromatic rings. The van der Waals surface area contributed by atoms with Gasteiger partial charge in [0.1, 0.15) is 12.4 Å². The third-order valence-corrected chi connectivity index (χ3v) is 6.80. The third-order valence-electron chi connectivity index (χ3n) is 5.30. The Morgan fingerprint density at radius 3 is 2.51 bits per heavy atom. The molecule has 0 N–H and O–H groups in total. The van der Waals surface area contributed by atoms with E-state index in [9.17, 15) is 14.0 Å². The minimum absolute atomic E-state index is 0.0327. The number of ether oxygens (including phenoxy) is 2. The van der Waals surface area contributed by atoms with Crippen LogP contribution in [0.5, 0.6) is 11.5 Å². The number of carbonyl (C=O) groups excluding carboxylic acids is 2. The van der Waals surface area contributed by atoms with Crippen molar-refractivity contribution in [1.29, 1.82) is 0 Å². The standard InChI is InChI=1S/C27H23BrFNO4S/c1-2-33-23-15-19(14-21(28)25(23)34-17-20-10-6-7-11-22(20)29)16-24-26(31)30(27(32)35-24)13-12-18-8-4-3-5-9-18/h3-11,14-16H,2,12-13,17H2,1H3/b24-16-. The van der Waals surface area contributed by atoms with Gasteiger partial charge in [-0.2, -0.15) is 0 Å². The number of imide groups is 1. The molecule has 35 heavy (non-hydrogen) atoms. The molecule has 4 rings (SSSR count). The van der Waals surface area contributed by atoms with Gasteiger partial charge in [-0.15, -0.1) is 0 Å². The van der Waals surface area contributed by atoms with E-state index in [1.54, 1.807) is 36.4 Å². The van der Waals surface area contributed by atoms with E-state index in [0.29, 0.717) is 51.6 Å². The van der Waals surface area contributed by atoms with Gasteiger partial charge in [-0.3, -0.25) is 14.5 Å². The number of halogens is 2. The molecule has 1 aliphatic rings. The number of carbonyl (C=O) groups is 2. The highest BCUT2D eigenvalue weighted by atomic mass is 79.9. The molecule has 3 aromatic carbocycles. The number of rotatable bonds is 9. The Morgan fingerprint density at radius 2 is 1.77 bits per heavy atom. The number of amides is 2. The van der Waals surface area contributed by atoms with Gasteiger partial charge in [0.05, 0.1) is 16.0 Å². The monoisotopic (exact) mass is 555 g/mol. The third kappa shape index (κ3) is 6.13. The van der Waals surface area contributed by atoms with Gasteiger partial charge in [0.15, 0.2) is 11.5 Å². The van der Waals surface area contributed by atoms with Crippen LogP contribution in [0.2, 0.25) is 0 Å². The number of hydrogen-bond donors (Lipinski definition) is 0. The molecule has 1 heterocycles. The average molecular weight is 556 g/mol. The van der Waals surface area contributed by atoms with E-state index in [1.165, 1.54) is 11.0 Å². The lowest BCUT2D eigenvalue weighted by molar-refractivity contribution is -0.122. The minimum Gasteiger partial charge on any atom is -0.490 e. The molecule has 0 radical (unpaired) electrons. The smallest absolute Gasteiger partial charge is 0.293 e. The Hall–Kier alpha value is -3.10. The number of hydrogen-bond acceptors (Lipinski definition) is 5. The second-order valence-corrected chi connectivity index (χ2v) is 9.56. The van der Waals surface area contributed by atoms with Crippen LogP contribution in [0.25, 0.3) is 6.08 Å². The molecular weight excluding hydrogens is 533 g/mol. The average Bonchev–Trinajstić information content (AvgIpc) is 3.11. The molecule has 1 saturated heterocycles. The van der Waals surface area contributed by atoms with Crippen molar-refractivity contribution in [2.24, 2.45) is 0 Å². The van der Waals surface area contributed by atoms with Gasteiger partial charge in [0.2, 0.25) is 0 Å². The first-order valence-electron chi connectivity index (χ1n) is 11.1. The second kappa shape index (κ2) is 11.6. The lowest BCUT2D eigenvalue weighted by Gasteiger charge is -2.15. The fourth-order valence-corrected chi connectivity index (χ4v) is 5.01. The second-order valence-electron chi connectivity index (χ2n) is 7.71. The molecule has 0 atom stereocenters. The van der Waals surface area contributed by atoms with Crippen molar-refractivity contribution < 1.29 is 23.5 Å². The van der Waals surface area contributed by atoms with Crippen molar-refractivity contribution >= 4 is 44.9 Å². The molecule has 0 aliphatic carbocycles. The quantitative estimate of drug-likeness (QED) is 0.270. The summed E-state index contributed by atoms with van der Waals surface area (Å²) in [5.41, 5.74) is 2.16. The van der Waals surface area contributed by atoms with Gasteiger partial charge in [0, 0.05) is 12.1 Å². The maximum atomic E-state index is 14.0. The molecule has 1 aliphatic heterocycles. The zero-order valence-corrected chi connectivity index (χ0v) is 21.4. The summed E-state index contributed by atoms with van der Waals surface area (Å²) in [7, 11) is 0. The van der Waals surface area contributed by atoms with E-state index in [0.717, 1.165) is 17.3 Å². The van der Waals surface area contributed by atoms with E-state index in [2.05, 4.69) is 15.9 Å². The molecule has 180 valence electrons. The summed E-state index contributed by atoms with van der Waals surface area (Å²) < 4.78 is 26.2. The Labute approximate surface area is 216 Å².